The van der Waals surface area contributed by atoms with E-state index in [1.165, 1.54) is 17.4 Å². The SMILES string of the molecule is CC(C)n1nccc1C(=O)N(CCCN(C)C)c1nc2c(F)cccc2s1. The van der Waals surface area contributed by atoms with Crippen LogP contribution in [0.5, 0.6) is 0 Å². The number of anilines is 1. The zero-order valence-electron chi connectivity index (χ0n) is 16.0. The van der Waals surface area contributed by atoms with Crippen LogP contribution in [-0.2, 0) is 0 Å². The second kappa shape index (κ2) is 8.14. The molecule has 0 unspecified atom stereocenters. The summed E-state index contributed by atoms with van der Waals surface area (Å²) in [5.74, 6) is -0.540. The summed E-state index contributed by atoms with van der Waals surface area (Å²) in [5, 5.41) is 4.77. The van der Waals surface area contributed by atoms with Crippen LogP contribution in [0.2, 0.25) is 0 Å². The van der Waals surface area contributed by atoms with Crippen LogP contribution in [0, 0.1) is 5.82 Å². The van der Waals surface area contributed by atoms with Crippen LogP contribution < -0.4 is 4.90 Å². The van der Waals surface area contributed by atoms with Gasteiger partial charge in [-0.25, -0.2) is 9.37 Å². The van der Waals surface area contributed by atoms with Crippen molar-refractivity contribution in [3.63, 3.8) is 0 Å². The van der Waals surface area contributed by atoms with E-state index < -0.39 is 0 Å². The van der Waals surface area contributed by atoms with Gasteiger partial charge in [-0.1, -0.05) is 17.4 Å². The van der Waals surface area contributed by atoms with E-state index in [-0.39, 0.29) is 17.8 Å². The Morgan fingerprint density at radius 3 is 2.70 bits per heavy atom. The fourth-order valence-corrected chi connectivity index (χ4v) is 3.89. The van der Waals surface area contributed by atoms with Gasteiger partial charge in [0.2, 0.25) is 0 Å². The molecule has 144 valence electrons. The van der Waals surface area contributed by atoms with Gasteiger partial charge in [-0.05, 0) is 59.1 Å². The Hall–Kier alpha value is -2.32. The van der Waals surface area contributed by atoms with Crippen molar-refractivity contribution in [2.45, 2.75) is 26.3 Å². The fourth-order valence-electron chi connectivity index (χ4n) is 2.88. The third-order valence-electron chi connectivity index (χ3n) is 4.20. The molecular weight excluding hydrogens is 365 g/mol. The van der Waals surface area contributed by atoms with Gasteiger partial charge in [-0.15, -0.1) is 0 Å². The molecule has 0 spiro atoms. The van der Waals surface area contributed by atoms with E-state index in [0.29, 0.717) is 22.9 Å². The monoisotopic (exact) mass is 389 g/mol. The lowest BCUT2D eigenvalue weighted by Gasteiger charge is -2.22. The lowest BCUT2D eigenvalue weighted by molar-refractivity contribution is 0.0974. The number of fused-ring (bicyclic) bond motifs is 1. The van der Waals surface area contributed by atoms with Crippen LogP contribution in [0.1, 0.15) is 36.8 Å². The predicted octanol–water partition coefficient (Wildman–Crippen LogP) is 3.81. The first-order valence-corrected chi connectivity index (χ1v) is 9.75. The van der Waals surface area contributed by atoms with Gasteiger partial charge < -0.3 is 4.90 Å². The summed E-state index contributed by atoms with van der Waals surface area (Å²) < 4.78 is 16.5. The lowest BCUT2D eigenvalue weighted by Crippen LogP contribution is -2.35. The molecule has 0 aliphatic carbocycles. The van der Waals surface area contributed by atoms with E-state index in [1.54, 1.807) is 27.9 Å². The molecule has 0 aliphatic rings. The topological polar surface area (TPSA) is 54.3 Å². The summed E-state index contributed by atoms with van der Waals surface area (Å²) in [7, 11) is 3.99. The van der Waals surface area contributed by atoms with E-state index in [4.69, 9.17) is 0 Å². The first-order valence-electron chi connectivity index (χ1n) is 8.93. The molecule has 0 fully saturated rings. The number of hydrogen-bond donors (Lipinski definition) is 0. The molecule has 3 aromatic rings. The van der Waals surface area contributed by atoms with Crippen molar-refractivity contribution >= 4 is 32.6 Å². The molecule has 1 aromatic carbocycles. The van der Waals surface area contributed by atoms with Crippen molar-refractivity contribution in [1.82, 2.24) is 19.7 Å². The van der Waals surface area contributed by atoms with Gasteiger partial charge >= 0.3 is 0 Å². The number of benzene rings is 1. The number of carbonyl (C=O) groups excluding carboxylic acids is 1. The van der Waals surface area contributed by atoms with Gasteiger partial charge in [0.25, 0.3) is 5.91 Å². The Balaban J connectivity index is 1.97. The minimum atomic E-state index is -0.372. The summed E-state index contributed by atoms with van der Waals surface area (Å²) in [4.78, 5) is 21.4. The first-order chi connectivity index (χ1) is 12.9. The molecule has 0 saturated carbocycles. The molecule has 0 radical (unpaired) electrons. The standard InChI is InChI=1S/C19H24FN5OS/c1-13(2)25-15(9-10-21-25)18(26)24(12-6-11-23(3)4)19-22-17-14(20)7-5-8-16(17)27-19/h5,7-10,13H,6,11-12H2,1-4H3. The molecule has 3 rings (SSSR count). The maximum atomic E-state index is 14.1. The second-order valence-corrected chi connectivity index (χ2v) is 7.96. The van der Waals surface area contributed by atoms with E-state index in [2.05, 4.69) is 15.0 Å². The van der Waals surface area contributed by atoms with Crippen molar-refractivity contribution < 1.29 is 9.18 Å². The molecule has 1 amide bonds. The highest BCUT2D eigenvalue weighted by molar-refractivity contribution is 7.22. The van der Waals surface area contributed by atoms with Crippen LogP contribution >= 0.6 is 11.3 Å². The highest BCUT2D eigenvalue weighted by Crippen LogP contribution is 2.31. The Labute approximate surface area is 162 Å². The molecule has 2 aromatic heterocycles. The number of amides is 1. The summed E-state index contributed by atoms with van der Waals surface area (Å²) in [6.45, 7) is 5.30. The van der Waals surface area contributed by atoms with Crippen LogP contribution in [0.25, 0.3) is 10.2 Å². The number of thiazole rings is 1. The average Bonchev–Trinajstić information content (AvgIpc) is 3.25. The van der Waals surface area contributed by atoms with E-state index >= 15 is 0 Å². The lowest BCUT2D eigenvalue weighted by atomic mass is 10.3. The summed E-state index contributed by atoms with van der Waals surface area (Å²) in [6, 6.07) is 6.65. The van der Waals surface area contributed by atoms with Crippen molar-refractivity contribution in [1.29, 1.82) is 0 Å². The molecule has 2 heterocycles. The minimum absolute atomic E-state index is 0.0652. The smallest absolute Gasteiger partial charge is 0.278 e. The molecular formula is C19H24FN5OS. The predicted molar refractivity (Wildman–Crippen MR) is 107 cm³/mol. The van der Waals surface area contributed by atoms with Gasteiger partial charge in [0.1, 0.15) is 17.0 Å². The molecule has 8 heteroatoms. The number of hydrogen-bond acceptors (Lipinski definition) is 5. The van der Waals surface area contributed by atoms with Gasteiger partial charge in [-0.3, -0.25) is 14.4 Å². The third kappa shape index (κ3) is 4.17. The molecule has 0 bridgehead atoms. The van der Waals surface area contributed by atoms with Crippen LogP contribution in [0.4, 0.5) is 9.52 Å². The van der Waals surface area contributed by atoms with Crippen molar-refractivity contribution in [2.75, 3.05) is 32.1 Å². The minimum Gasteiger partial charge on any atom is -0.309 e. The van der Waals surface area contributed by atoms with Crippen LogP contribution in [0.15, 0.2) is 30.5 Å². The average molecular weight is 390 g/mol. The highest BCUT2D eigenvalue weighted by atomic mass is 32.1. The maximum absolute atomic E-state index is 14.1. The van der Waals surface area contributed by atoms with Crippen LogP contribution in [0.3, 0.4) is 0 Å². The number of halogens is 1. The number of rotatable bonds is 7. The fraction of sp³-hybridized carbons (Fsp3) is 0.421. The third-order valence-corrected chi connectivity index (χ3v) is 5.24. The number of carbonyl (C=O) groups is 1. The first kappa shape index (κ1) is 19.4. The van der Waals surface area contributed by atoms with Crippen molar-refractivity contribution in [2.24, 2.45) is 0 Å². The summed E-state index contributed by atoms with van der Waals surface area (Å²) in [5.41, 5.74) is 0.815. The number of nitrogens with zero attached hydrogens (tertiary/aromatic N) is 5. The molecule has 0 N–H and O–H groups in total. The zero-order valence-corrected chi connectivity index (χ0v) is 16.8. The van der Waals surface area contributed by atoms with Crippen molar-refractivity contribution in [3.8, 4) is 0 Å². The number of para-hydroxylation sites is 1. The Morgan fingerprint density at radius 1 is 1.26 bits per heavy atom. The van der Waals surface area contributed by atoms with Gasteiger partial charge in [0, 0.05) is 18.8 Å². The van der Waals surface area contributed by atoms with Crippen LogP contribution in [-0.4, -0.2) is 52.8 Å². The largest absolute Gasteiger partial charge is 0.309 e. The van der Waals surface area contributed by atoms with E-state index in [0.717, 1.165) is 17.7 Å². The Bertz CT molecular complexity index is 933. The Morgan fingerprint density at radius 2 is 2.04 bits per heavy atom. The van der Waals surface area contributed by atoms with E-state index in [9.17, 15) is 9.18 Å². The highest BCUT2D eigenvalue weighted by Gasteiger charge is 2.25. The van der Waals surface area contributed by atoms with Gasteiger partial charge in [0.15, 0.2) is 5.13 Å². The molecule has 0 atom stereocenters. The normalized spacial score (nSPS) is 11.7. The van der Waals surface area contributed by atoms with Gasteiger partial charge in [0.05, 0.1) is 4.70 Å². The second-order valence-electron chi connectivity index (χ2n) is 6.95. The summed E-state index contributed by atoms with van der Waals surface area (Å²) in [6.07, 6.45) is 2.41. The Kier molecular flexibility index (Phi) is 5.86. The quantitative estimate of drug-likeness (QED) is 0.617. The number of aromatic nitrogens is 3. The van der Waals surface area contributed by atoms with Gasteiger partial charge in [-0.2, -0.15) is 5.10 Å². The van der Waals surface area contributed by atoms with Crippen molar-refractivity contribution in [3.05, 3.63) is 42.0 Å². The molecule has 0 aliphatic heterocycles. The zero-order chi connectivity index (χ0) is 19.6. The maximum Gasteiger partial charge on any atom is 0.278 e. The molecule has 0 saturated heterocycles. The molecule has 27 heavy (non-hydrogen) atoms. The summed E-state index contributed by atoms with van der Waals surface area (Å²) >= 11 is 1.33. The van der Waals surface area contributed by atoms with E-state index in [1.807, 2.05) is 34.0 Å². The molecule has 6 nitrogen and oxygen atoms in total.